The summed E-state index contributed by atoms with van der Waals surface area (Å²) in [6, 6.07) is 13.0. The number of hydrogen-bond acceptors (Lipinski definition) is 5. The molecular weight excluding hydrogens is 462 g/mol. The first-order chi connectivity index (χ1) is 16.9. The second-order valence-corrected chi connectivity index (χ2v) is 9.57. The lowest BCUT2D eigenvalue weighted by Gasteiger charge is -2.22. The van der Waals surface area contributed by atoms with Gasteiger partial charge in [-0.05, 0) is 53.8 Å². The molecule has 35 heavy (non-hydrogen) atoms. The summed E-state index contributed by atoms with van der Waals surface area (Å²) in [5.41, 5.74) is 5.15. The van der Waals surface area contributed by atoms with Crippen molar-refractivity contribution in [3.63, 3.8) is 0 Å². The van der Waals surface area contributed by atoms with Crippen LogP contribution < -0.4 is 9.80 Å². The van der Waals surface area contributed by atoms with Gasteiger partial charge in [0.2, 0.25) is 11.8 Å². The normalized spacial score (nSPS) is 19.1. The molecule has 3 aromatic rings. The maximum absolute atomic E-state index is 13.5. The van der Waals surface area contributed by atoms with Crippen LogP contribution in [0.1, 0.15) is 41.5 Å². The predicted octanol–water partition coefficient (Wildman–Crippen LogP) is 4.29. The van der Waals surface area contributed by atoms with Crippen molar-refractivity contribution in [1.29, 1.82) is 5.26 Å². The third kappa shape index (κ3) is 4.50. The summed E-state index contributed by atoms with van der Waals surface area (Å²) in [6.07, 6.45) is 6.82. The molecule has 0 spiro atoms. The van der Waals surface area contributed by atoms with E-state index < -0.39 is 5.92 Å². The summed E-state index contributed by atoms with van der Waals surface area (Å²) in [6.45, 7) is 2.97. The SMILES string of the molecule is CC1CN(C(=O)[C@H]2CC(=O)N(c3cccc(C#N)c3)C2)c2cc(Cl)c(CCc3cncnc3)cc21. The molecule has 2 atom stereocenters. The molecule has 2 amide bonds. The summed E-state index contributed by atoms with van der Waals surface area (Å²) < 4.78 is 0. The van der Waals surface area contributed by atoms with Crippen molar-refractivity contribution >= 4 is 34.8 Å². The highest BCUT2D eigenvalue weighted by Crippen LogP contribution is 2.41. The summed E-state index contributed by atoms with van der Waals surface area (Å²) in [5.74, 6) is -0.439. The fourth-order valence-electron chi connectivity index (χ4n) is 4.95. The zero-order chi connectivity index (χ0) is 24.5. The molecular formula is C27H24ClN5O2. The van der Waals surface area contributed by atoms with Crippen LogP contribution in [0.3, 0.4) is 0 Å². The molecule has 3 heterocycles. The Morgan fingerprint density at radius 1 is 1.17 bits per heavy atom. The number of fused-ring (bicyclic) bond motifs is 1. The third-order valence-corrected chi connectivity index (χ3v) is 7.15. The molecule has 1 unspecified atom stereocenters. The minimum absolute atomic E-state index is 0.0619. The number of nitriles is 1. The number of anilines is 2. The van der Waals surface area contributed by atoms with Crippen LogP contribution in [0.4, 0.5) is 11.4 Å². The number of carbonyl (C=O) groups is 2. The van der Waals surface area contributed by atoms with E-state index in [4.69, 9.17) is 11.6 Å². The molecule has 7 nitrogen and oxygen atoms in total. The number of carbonyl (C=O) groups excluding carboxylic acids is 2. The zero-order valence-electron chi connectivity index (χ0n) is 19.3. The van der Waals surface area contributed by atoms with Gasteiger partial charge in [0.25, 0.3) is 0 Å². The lowest BCUT2D eigenvalue weighted by Crippen LogP contribution is -2.36. The van der Waals surface area contributed by atoms with Gasteiger partial charge >= 0.3 is 0 Å². The molecule has 0 N–H and O–H groups in total. The van der Waals surface area contributed by atoms with Crippen molar-refractivity contribution < 1.29 is 9.59 Å². The van der Waals surface area contributed by atoms with Gasteiger partial charge in [-0.2, -0.15) is 5.26 Å². The van der Waals surface area contributed by atoms with Gasteiger partial charge in [0.1, 0.15) is 6.33 Å². The van der Waals surface area contributed by atoms with Crippen molar-refractivity contribution in [3.05, 3.63) is 82.4 Å². The Labute approximate surface area is 209 Å². The first-order valence-corrected chi connectivity index (χ1v) is 12.0. The molecule has 2 aliphatic rings. The highest BCUT2D eigenvalue weighted by Gasteiger charge is 2.40. The molecule has 1 saturated heterocycles. The van der Waals surface area contributed by atoms with Crippen LogP contribution in [0.2, 0.25) is 5.02 Å². The number of amides is 2. The minimum atomic E-state index is -0.442. The molecule has 1 fully saturated rings. The monoisotopic (exact) mass is 485 g/mol. The molecule has 0 bridgehead atoms. The molecule has 1 aromatic heterocycles. The molecule has 2 aromatic carbocycles. The molecule has 176 valence electrons. The van der Waals surface area contributed by atoms with E-state index in [-0.39, 0.29) is 24.2 Å². The summed E-state index contributed by atoms with van der Waals surface area (Å²) in [5, 5.41) is 9.80. The average Bonchev–Trinajstić information content (AvgIpc) is 3.42. The van der Waals surface area contributed by atoms with Crippen LogP contribution in [0, 0.1) is 17.2 Å². The Morgan fingerprint density at radius 3 is 2.74 bits per heavy atom. The molecule has 2 aliphatic heterocycles. The van der Waals surface area contributed by atoms with E-state index in [1.807, 2.05) is 6.07 Å². The number of hydrogen-bond donors (Lipinski definition) is 0. The van der Waals surface area contributed by atoms with E-state index in [0.717, 1.165) is 35.2 Å². The van der Waals surface area contributed by atoms with Gasteiger partial charge in [0, 0.05) is 54.2 Å². The highest BCUT2D eigenvalue weighted by molar-refractivity contribution is 6.31. The van der Waals surface area contributed by atoms with Crippen molar-refractivity contribution in [2.24, 2.45) is 5.92 Å². The molecule has 0 saturated carbocycles. The second kappa shape index (κ2) is 9.47. The molecule has 0 aliphatic carbocycles. The van der Waals surface area contributed by atoms with Crippen molar-refractivity contribution in [2.45, 2.75) is 32.1 Å². The van der Waals surface area contributed by atoms with E-state index in [0.29, 0.717) is 29.4 Å². The minimum Gasteiger partial charge on any atom is -0.312 e. The zero-order valence-corrected chi connectivity index (χ0v) is 20.1. The van der Waals surface area contributed by atoms with Gasteiger partial charge < -0.3 is 9.80 Å². The number of aryl methyl sites for hydroxylation is 2. The van der Waals surface area contributed by atoms with E-state index in [1.54, 1.807) is 46.5 Å². The number of benzene rings is 2. The van der Waals surface area contributed by atoms with Crippen molar-refractivity contribution in [1.82, 2.24) is 9.97 Å². The smallest absolute Gasteiger partial charge is 0.232 e. The van der Waals surface area contributed by atoms with Gasteiger partial charge in [-0.3, -0.25) is 9.59 Å². The number of nitrogens with zero attached hydrogens (tertiary/aromatic N) is 5. The van der Waals surface area contributed by atoms with Gasteiger partial charge in [-0.15, -0.1) is 0 Å². The lowest BCUT2D eigenvalue weighted by atomic mass is 9.98. The predicted molar refractivity (Wildman–Crippen MR) is 133 cm³/mol. The quantitative estimate of drug-likeness (QED) is 0.537. The van der Waals surface area contributed by atoms with Crippen LogP contribution >= 0.6 is 11.6 Å². The van der Waals surface area contributed by atoms with Gasteiger partial charge in [0.15, 0.2) is 0 Å². The van der Waals surface area contributed by atoms with Crippen LogP contribution in [-0.4, -0.2) is 34.9 Å². The standard InChI is InChI=1S/C27H24ClN5O2/c1-17-14-33(25-10-24(28)20(8-23(17)25)6-5-19-12-30-16-31-13-19)27(35)21-9-26(34)32(15-21)22-4-2-3-18(7-22)11-29/h2-4,7-8,10,12-13,16-17,21H,5-6,9,14-15H2,1H3/t17?,21-/m0/s1. The van der Waals surface area contributed by atoms with E-state index in [1.165, 1.54) is 6.33 Å². The van der Waals surface area contributed by atoms with Gasteiger partial charge in [0.05, 0.1) is 17.6 Å². The second-order valence-electron chi connectivity index (χ2n) is 9.17. The number of halogens is 1. The third-order valence-electron chi connectivity index (χ3n) is 6.80. The van der Waals surface area contributed by atoms with E-state index in [2.05, 4.69) is 29.0 Å². The van der Waals surface area contributed by atoms with Crippen molar-refractivity contribution in [2.75, 3.05) is 22.9 Å². The van der Waals surface area contributed by atoms with Gasteiger partial charge in [-0.25, -0.2) is 9.97 Å². The number of rotatable bonds is 5. The first-order valence-electron chi connectivity index (χ1n) is 11.6. The van der Waals surface area contributed by atoms with Crippen LogP contribution in [0.15, 0.2) is 55.1 Å². The Hall–Kier alpha value is -3.76. The summed E-state index contributed by atoms with van der Waals surface area (Å²) in [4.78, 5) is 37.8. The fourth-order valence-corrected chi connectivity index (χ4v) is 5.20. The largest absolute Gasteiger partial charge is 0.312 e. The topological polar surface area (TPSA) is 90.2 Å². The Balaban J connectivity index is 1.34. The number of aromatic nitrogens is 2. The van der Waals surface area contributed by atoms with Gasteiger partial charge in [-0.1, -0.05) is 30.7 Å². The lowest BCUT2D eigenvalue weighted by molar-refractivity contribution is -0.124. The fraction of sp³-hybridized carbons (Fsp3) is 0.296. The van der Waals surface area contributed by atoms with Crippen molar-refractivity contribution in [3.8, 4) is 6.07 Å². The summed E-state index contributed by atoms with van der Waals surface area (Å²) in [7, 11) is 0. The van der Waals surface area contributed by atoms with Crippen LogP contribution in [-0.2, 0) is 22.4 Å². The Bertz CT molecular complexity index is 1340. The summed E-state index contributed by atoms with van der Waals surface area (Å²) >= 11 is 6.65. The first kappa shape index (κ1) is 23.0. The molecule has 0 radical (unpaired) electrons. The Morgan fingerprint density at radius 2 is 1.97 bits per heavy atom. The Kier molecular flexibility index (Phi) is 6.23. The van der Waals surface area contributed by atoms with Crippen LogP contribution in [0.5, 0.6) is 0 Å². The van der Waals surface area contributed by atoms with E-state index in [9.17, 15) is 14.9 Å². The van der Waals surface area contributed by atoms with Crippen LogP contribution in [0.25, 0.3) is 0 Å². The maximum Gasteiger partial charge on any atom is 0.232 e. The van der Waals surface area contributed by atoms with E-state index >= 15 is 0 Å². The highest BCUT2D eigenvalue weighted by atomic mass is 35.5. The maximum atomic E-state index is 13.5. The average molecular weight is 486 g/mol. The molecule has 5 rings (SSSR count). The molecule has 8 heteroatoms.